The third-order valence-electron chi connectivity index (χ3n) is 3.42. The molecule has 2 aromatic carbocycles. The summed E-state index contributed by atoms with van der Waals surface area (Å²) in [6, 6.07) is 13.1. The average Bonchev–Trinajstić information content (AvgIpc) is 2.59. The first kappa shape index (κ1) is 25.5. The van der Waals surface area contributed by atoms with Crippen LogP contribution in [0.25, 0.3) is 22.5 Å². The van der Waals surface area contributed by atoms with Crippen molar-refractivity contribution in [2.75, 3.05) is 0 Å². The summed E-state index contributed by atoms with van der Waals surface area (Å²) in [5.41, 5.74) is 4.72. The van der Waals surface area contributed by atoms with Gasteiger partial charge in [-0.25, -0.2) is 14.4 Å². The third kappa shape index (κ3) is 7.25. The van der Waals surface area contributed by atoms with E-state index in [0.29, 0.717) is 20.9 Å². The standard InChI is InChI=1S/C18H15FN2.2CH4.2HI.V/c1-12-10-20-18(21-11-12)15-5-3-14(4-6-15)16-7-8-17(19)13(2)9-16;;;;;/h3-11H,1-2H3;2*1H4;2*1H;/q;;;;;+2/p-2. The number of rotatable bonds is 2. The Balaban J connectivity index is 0.00000117. The predicted molar refractivity (Wildman–Crippen MR) is 124 cm³/mol. The first-order chi connectivity index (χ1) is 11.5. The van der Waals surface area contributed by atoms with Crippen molar-refractivity contribution in [3.05, 3.63) is 71.8 Å². The minimum absolute atomic E-state index is 0. The first-order valence-electron chi connectivity index (χ1n) is 7.13. The second-order valence-corrected chi connectivity index (χ2v) is 17.0. The molecule has 2 nitrogen and oxygen atoms in total. The quantitative estimate of drug-likeness (QED) is 0.278. The van der Waals surface area contributed by atoms with Gasteiger partial charge in [0, 0.05) is 18.0 Å². The molecule has 0 bridgehead atoms. The van der Waals surface area contributed by atoms with Crippen molar-refractivity contribution in [3.8, 4) is 22.5 Å². The Labute approximate surface area is 185 Å². The number of hydrogen-bond donors (Lipinski definition) is 0. The summed E-state index contributed by atoms with van der Waals surface area (Å²) in [5, 5.41) is 0. The summed E-state index contributed by atoms with van der Waals surface area (Å²) < 4.78 is 13.3. The van der Waals surface area contributed by atoms with Gasteiger partial charge < -0.3 is 0 Å². The van der Waals surface area contributed by atoms with Crippen LogP contribution in [0.4, 0.5) is 4.39 Å². The normalized spacial score (nSPS) is 9.12. The van der Waals surface area contributed by atoms with Crippen LogP contribution in [0.1, 0.15) is 26.0 Å². The summed E-state index contributed by atoms with van der Waals surface area (Å²) in [7, 11) is 0.628. The van der Waals surface area contributed by atoms with Crippen LogP contribution in [0, 0.1) is 19.7 Å². The number of benzene rings is 2. The average molecular weight is 615 g/mol. The van der Waals surface area contributed by atoms with E-state index in [1.54, 1.807) is 25.4 Å². The Bertz CT molecular complexity index is 794. The Morgan fingerprint density at radius 3 is 1.77 bits per heavy atom. The third-order valence-corrected chi connectivity index (χ3v) is 3.42. The zero-order valence-electron chi connectivity index (χ0n) is 13.2. The van der Waals surface area contributed by atoms with Crippen LogP contribution in [-0.4, -0.2) is 9.97 Å². The van der Waals surface area contributed by atoms with E-state index in [1.807, 2.05) is 37.3 Å². The van der Waals surface area contributed by atoms with E-state index in [2.05, 4.69) is 49.9 Å². The van der Waals surface area contributed by atoms with E-state index in [-0.39, 0.29) is 20.7 Å². The van der Waals surface area contributed by atoms with Crippen LogP contribution in [-0.2, 0) is 9.47 Å². The molecule has 6 heteroatoms. The van der Waals surface area contributed by atoms with Gasteiger partial charge in [0.2, 0.25) is 0 Å². The molecule has 0 N–H and O–H groups in total. The van der Waals surface area contributed by atoms with Crippen molar-refractivity contribution in [2.45, 2.75) is 28.7 Å². The molecule has 0 atom stereocenters. The Kier molecular flexibility index (Phi) is 12.6. The van der Waals surface area contributed by atoms with Crippen LogP contribution >= 0.6 is 40.0 Å². The molecule has 0 unspecified atom stereocenters. The molecule has 0 spiro atoms. The molecule has 0 fully saturated rings. The predicted octanol–water partition coefficient (Wildman–Crippen LogP) is 7.61. The van der Waals surface area contributed by atoms with Crippen molar-refractivity contribution < 1.29 is 13.9 Å². The number of nitrogens with zero attached hydrogens (tertiary/aromatic N) is 2. The van der Waals surface area contributed by atoms with Crippen molar-refractivity contribution in [1.82, 2.24) is 9.97 Å². The molecule has 26 heavy (non-hydrogen) atoms. The maximum atomic E-state index is 13.3. The fourth-order valence-electron chi connectivity index (χ4n) is 2.18. The Hall–Kier alpha value is -0.506. The molecule has 0 aliphatic rings. The Morgan fingerprint density at radius 1 is 0.808 bits per heavy atom. The number of hydrogen-bond acceptors (Lipinski definition) is 2. The van der Waals surface area contributed by atoms with Gasteiger partial charge in [0.1, 0.15) is 5.82 Å². The van der Waals surface area contributed by atoms with Crippen molar-refractivity contribution in [1.29, 1.82) is 0 Å². The summed E-state index contributed by atoms with van der Waals surface area (Å²) in [4.78, 5) is 8.63. The van der Waals surface area contributed by atoms with Gasteiger partial charge in [-0.05, 0) is 48.2 Å². The number of aryl methyl sites for hydroxylation is 2. The van der Waals surface area contributed by atoms with Crippen molar-refractivity contribution in [2.24, 2.45) is 0 Å². The summed E-state index contributed by atoms with van der Waals surface area (Å²) in [5.74, 6) is 0.533. The topological polar surface area (TPSA) is 25.8 Å². The molecule has 0 aliphatic heterocycles. The van der Waals surface area contributed by atoms with Gasteiger partial charge in [-0.3, -0.25) is 0 Å². The van der Waals surface area contributed by atoms with Gasteiger partial charge in [0.05, 0.1) is 0 Å². The number of aromatic nitrogens is 2. The summed E-state index contributed by atoms with van der Waals surface area (Å²) in [6.45, 7) is 3.73. The van der Waals surface area contributed by atoms with Crippen molar-refractivity contribution >= 4 is 40.0 Å². The molecule has 139 valence electrons. The molecule has 0 radical (unpaired) electrons. The minimum atomic E-state index is -0.177. The van der Waals surface area contributed by atoms with Gasteiger partial charge in [-0.1, -0.05) is 45.2 Å². The number of halogens is 3. The van der Waals surface area contributed by atoms with Gasteiger partial charge >= 0.3 is 49.4 Å². The molecule has 1 heterocycles. The second-order valence-electron chi connectivity index (χ2n) is 5.19. The van der Waals surface area contributed by atoms with Crippen LogP contribution in [0.5, 0.6) is 0 Å². The van der Waals surface area contributed by atoms with E-state index in [9.17, 15) is 4.39 Å². The second kappa shape index (κ2) is 12.8. The Morgan fingerprint density at radius 2 is 1.27 bits per heavy atom. The SMILES string of the molecule is C.C.Cc1cnc(-c2ccc(-c3ccc(F)c(C)c3)cc2)nc1.[I][V][I]. The van der Waals surface area contributed by atoms with E-state index < -0.39 is 0 Å². The van der Waals surface area contributed by atoms with Gasteiger partial charge in [0.25, 0.3) is 0 Å². The van der Waals surface area contributed by atoms with Gasteiger partial charge in [0.15, 0.2) is 5.82 Å². The fourth-order valence-corrected chi connectivity index (χ4v) is 2.18. The van der Waals surface area contributed by atoms with E-state index in [0.717, 1.165) is 22.3 Å². The molecule has 0 amide bonds. The molecular formula is C20H23FI2N2V. The molecule has 0 aliphatic carbocycles. The van der Waals surface area contributed by atoms with Gasteiger partial charge in [-0.2, -0.15) is 0 Å². The van der Waals surface area contributed by atoms with Crippen LogP contribution in [0.3, 0.4) is 0 Å². The summed E-state index contributed by atoms with van der Waals surface area (Å²) in [6.07, 6.45) is 3.61. The van der Waals surface area contributed by atoms with Crippen molar-refractivity contribution in [3.63, 3.8) is 0 Å². The molecular weight excluding hydrogens is 592 g/mol. The monoisotopic (exact) mass is 615 g/mol. The summed E-state index contributed by atoms with van der Waals surface area (Å²) >= 11 is 4.74. The van der Waals surface area contributed by atoms with E-state index in [1.165, 1.54) is 6.07 Å². The van der Waals surface area contributed by atoms with Crippen LogP contribution in [0.2, 0.25) is 0 Å². The van der Waals surface area contributed by atoms with Gasteiger partial charge in [-0.15, -0.1) is 0 Å². The molecule has 3 rings (SSSR count). The van der Waals surface area contributed by atoms with E-state index >= 15 is 0 Å². The maximum absolute atomic E-state index is 13.3. The molecule has 0 saturated carbocycles. The van der Waals surface area contributed by atoms with Crippen LogP contribution in [0.15, 0.2) is 54.9 Å². The van der Waals surface area contributed by atoms with Crippen LogP contribution < -0.4 is 0 Å². The molecule has 3 aromatic rings. The fraction of sp³-hybridized carbons (Fsp3) is 0.200. The molecule has 0 saturated heterocycles. The first-order valence-corrected chi connectivity index (χ1v) is 16.1. The molecule has 1 aromatic heterocycles. The van der Waals surface area contributed by atoms with E-state index in [4.69, 9.17) is 0 Å². The zero-order chi connectivity index (χ0) is 17.5. The zero-order valence-corrected chi connectivity index (χ0v) is 18.9.